The van der Waals surface area contributed by atoms with E-state index >= 15 is 0 Å². The van der Waals surface area contributed by atoms with Crippen LogP contribution in [0.15, 0.2) is 89.8 Å². The minimum atomic E-state index is -3.55. The summed E-state index contributed by atoms with van der Waals surface area (Å²) in [5, 5.41) is 0. The fourth-order valence-corrected chi connectivity index (χ4v) is 3.51. The van der Waals surface area contributed by atoms with E-state index in [1.807, 2.05) is 67.6 Å². The Morgan fingerprint density at radius 1 is 0.829 bits per heavy atom. The smallest absolute Gasteiger partial charge is 0.323 e. The number of esters is 2. The molecule has 0 radical (unpaired) electrons. The Morgan fingerprint density at radius 2 is 1.31 bits per heavy atom. The van der Waals surface area contributed by atoms with Gasteiger partial charge in [-0.2, -0.15) is 0 Å². The number of ether oxygens (including phenoxy) is 2. The lowest BCUT2D eigenvalue weighted by Gasteiger charge is -2.11. The lowest BCUT2D eigenvalue weighted by atomic mass is 10.1. The lowest BCUT2D eigenvalue weighted by Crippen LogP contribution is -2.32. The highest BCUT2D eigenvalue weighted by Gasteiger charge is 2.17. The summed E-state index contributed by atoms with van der Waals surface area (Å²) in [5.74, 6) is -0.903. The fourth-order valence-electron chi connectivity index (χ4n) is 2.74. The van der Waals surface area contributed by atoms with E-state index in [2.05, 4.69) is 0 Å². The molecule has 1 unspecified atom stereocenters. The van der Waals surface area contributed by atoms with E-state index < -0.39 is 21.1 Å². The standard InChI is InChI=1S/C19H21NO4.C7H7ClO2S/c20-17(19(22)24-14-16-9-5-2-6-10-16)11-12-18(21)23-13-15-7-3-1-4-8-15;1-6-2-4-7(5-3-6)11(8,9)10/h1-10,17H,11-14,20H2;2-5H,1H3. The second-order valence-electron chi connectivity index (χ2n) is 7.64. The Hall–Kier alpha value is -3.20. The highest BCUT2D eigenvalue weighted by atomic mass is 35.7. The molecule has 7 nitrogen and oxygen atoms in total. The Labute approximate surface area is 210 Å². The van der Waals surface area contributed by atoms with Crippen LogP contribution in [-0.2, 0) is 41.3 Å². The van der Waals surface area contributed by atoms with Crippen LogP contribution in [0.4, 0.5) is 0 Å². The van der Waals surface area contributed by atoms with Gasteiger partial charge in [-0.05, 0) is 36.6 Å². The molecule has 0 fully saturated rings. The molecule has 186 valence electrons. The van der Waals surface area contributed by atoms with Gasteiger partial charge in [-0.15, -0.1) is 0 Å². The maximum Gasteiger partial charge on any atom is 0.323 e. The number of benzene rings is 3. The molecule has 0 aromatic heterocycles. The van der Waals surface area contributed by atoms with Crippen LogP contribution in [0, 0.1) is 6.92 Å². The van der Waals surface area contributed by atoms with Crippen molar-refractivity contribution in [1.82, 2.24) is 0 Å². The van der Waals surface area contributed by atoms with Crippen LogP contribution in [0.25, 0.3) is 0 Å². The molecule has 3 aromatic carbocycles. The Morgan fingerprint density at radius 3 is 1.80 bits per heavy atom. The normalized spacial score (nSPS) is 11.5. The zero-order chi connectivity index (χ0) is 25.7. The monoisotopic (exact) mass is 517 g/mol. The van der Waals surface area contributed by atoms with Gasteiger partial charge in [0, 0.05) is 17.1 Å². The molecule has 0 spiro atoms. The van der Waals surface area contributed by atoms with E-state index in [0.29, 0.717) is 0 Å². The minimum Gasteiger partial charge on any atom is -0.461 e. The summed E-state index contributed by atoms with van der Waals surface area (Å²) < 4.78 is 31.7. The molecule has 0 amide bonds. The molecular formula is C26H28ClNO6S. The van der Waals surface area contributed by atoms with E-state index in [1.54, 1.807) is 12.1 Å². The number of aryl methyl sites for hydroxylation is 1. The zero-order valence-electron chi connectivity index (χ0n) is 19.3. The summed E-state index contributed by atoms with van der Waals surface area (Å²) in [7, 11) is 1.54. The zero-order valence-corrected chi connectivity index (χ0v) is 20.9. The molecule has 0 aliphatic carbocycles. The van der Waals surface area contributed by atoms with Gasteiger partial charge in [0.15, 0.2) is 0 Å². The van der Waals surface area contributed by atoms with Crippen LogP contribution in [0.5, 0.6) is 0 Å². The molecule has 1 atom stereocenters. The third kappa shape index (κ3) is 11.2. The van der Waals surface area contributed by atoms with Crippen molar-refractivity contribution in [3.63, 3.8) is 0 Å². The van der Waals surface area contributed by atoms with Crippen molar-refractivity contribution in [3.8, 4) is 0 Å². The molecule has 0 aliphatic heterocycles. The average molecular weight is 518 g/mol. The second kappa shape index (κ2) is 14.3. The molecule has 0 heterocycles. The molecule has 9 heteroatoms. The van der Waals surface area contributed by atoms with Crippen LogP contribution in [0.1, 0.15) is 29.5 Å². The molecule has 0 bridgehead atoms. The molecular weight excluding hydrogens is 490 g/mol. The van der Waals surface area contributed by atoms with E-state index in [4.69, 9.17) is 25.9 Å². The molecule has 0 aliphatic rings. The van der Waals surface area contributed by atoms with Crippen molar-refractivity contribution in [2.24, 2.45) is 5.73 Å². The van der Waals surface area contributed by atoms with Crippen molar-refractivity contribution in [2.45, 2.75) is 43.9 Å². The van der Waals surface area contributed by atoms with Gasteiger partial charge in [0.05, 0.1) is 4.90 Å². The summed E-state index contributed by atoms with van der Waals surface area (Å²) in [6, 6.07) is 24.3. The summed E-state index contributed by atoms with van der Waals surface area (Å²) in [4.78, 5) is 23.6. The van der Waals surface area contributed by atoms with Crippen molar-refractivity contribution < 1.29 is 27.5 Å². The van der Waals surface area contributed by atoms with Gasteiger partial charge in [-0.25, -0.2) is 8.42 Å². The summed E-state index contributed by atoms with van der Waals surface area (Å²) in [5.41, 5.74) is 8.57. The number of rotatable bonds is 9. The van der Waals surface area contributed by atoms with Crippen molar-refractivity contribution >= 4 is 31.7 Å². The topological polar surface area (TPSA) is 113 Å². The van der Waals surface area contributed by atoms with E-state index in [1.165, 1.54) is 12.1 Å². The van der Waals surface area contributed by atoms with Gasteiger partial charge in [-0.1, -0.05) is 78.4 Å². The maximum atomic E-state index is 11.8. The maximum absolute atomic E-state index is 11.8. The van der Waals surface area contributed by atoms with Crippen molar-refractivity contribution in [3.05, 3.63) is 102 Å². The molecule has 35 heavy (non-hydrogen) atoms. The molecule has 0 saturated heterocycles. The van der Waals surface area contributed by atoms with Crippen LogP contribution in [0.3, 0.4) is 0 Å². The van der Waals surface area contributed by atoms with E-state index in [0.717, 1.165) is 16.7 Å². The minimum absolute atomic E-state index is 0.0778. The first-order chi connectivity index (χ1) is 16.6. The van der Waals surface area contributed by atoms with E-state index in [-0.39, 0.29) is 36.9 Å². The highest BCUT2D eigenvalue weighted by molar-refractivity contribution is 8.13. The molecule has 3 aromatic rings. The van der Waals surface area contributed by atoms with E-state index in [9.17, 15) is 18.0 Å². The third-order valence-electron chi connectivity index (χ3n) is 4.73. The Kier molecular flexibility index (Phi) is 11.4. The third-order valence-corrected chi connectivity index (χ3v) is 6.10. The van der Waals surface area contributed by atoms with Gasteiger partial charge >= 0.3 is 11.9 Å². The Bertz CT molecular complexity index is 1170. The molecule has 3 rings (SSSR count). The van der Waals surface area contributed by atoms with Gasteiger partial charge in [0.2, 0.25) is 0 Å². The Balaban J connectivity index is 0.000000328. The fraction of sp³-hybridized carbons (Fsp3) is 0.231. The van der Waals surface area contributed by atoms with Crippen LogP contribution in [0.2, 0.25) is 0 Å². The van der Waals surface area contributed by atoms with Gasteiger partial charge in [0.25, 0.3) is 9.05 Å². The first-order valence-corrected chi connectivity index (χ1v) is 13.1. The van der Waals surface area contributed by atoms with Crippen LogP contribution >= 0.6 is 10.7 Å². The summed E-state index contributed by atoms with van der Waals surface area (Å²) in [6.45, 7) is 2.27. The van der Waals surface area contributed by atoms with Gasteiger partial charge < -0.3 is 15.2 Å². The summed E-state index contributed by atoms with van der Waals surface area (Å²) >= 11 is 0. The predicted octanol–water partition coefficient (Wildman–Crippen LogP) is 4.50. The van der Waals surface area contributed by atoms with Gasteiger partial charge in [0.1, 0.15) is 19.3 Å². The molecule has 0 saturated carbocycles. The number of halogens is 1. The number of hydrogen-bond donors (Lipinski definition) is 1. The largest absolute Gasteiger partial charge is 0.461 e. The van der Waals surface area contributed by atoms with Gasteiger partial charge in [-0.3, -0.25) is 9.59 Å². The number of hydrogen-bond acceptors (Lipinski definition) is 7. The average Bonchev–Trinajstić information content (AvgIpc) is 2.86. The van der Waals surface area contributed by atoms with Crippen molar-refractivity contribution in [1.29, 1.82) is 0 Å². The number of carbonyl (C=O) groups is 2. The first kappa shape index (κ1) is 28.0. The lowest BCUT2D eigenvalue weighted by molar-refractivity contribution is -0.148. The second-order valence-corrected chi connectivity index (χ2v) is 10.2. The molecule has 2 N–H and O–H groups in total. The quantitative estimate of drug-likeness (QED) is 0.328. The predicted molar refractivity (Wildman–Crippen MR) is 134 cm³/mol. The van der Waals surface area contributed by atoms with Crippen LogP contribution in [-0.4, -0.2) is 26.4 Å². The van der Waals surface area contributed by atoms with Crippen LogP contribution < -0.4 is 5.73 Å². The first-order valence-electron chi connectivity index (χ1n) is 10.8. The number of carbonyl (C=O) groups excluding carboxylic acids is 2. The SMILES string of the molecule is Cc1ccc(S(=O)(=O)Cl)cc1.NC(CCC(=O)OCc1ccccc1)C(=O)OCc1ccccc1. The highest BCUT2D eigenvalue weighted by Crippen LogP contribution is 2.14. The summed E-state index contributed by atoms with van der Waals surface area (Å²) in [6.07, 6.45) is 0.273. The van der Waals surface area contributed by atoms with Crippen molar-refractivity contribution in [2.75, 3.05) is 0 Å². The number of nitrogens with two attached hydrogens (primary N) is 1.